The Hall–Kier alpha value is -5.01. The Labute approximate surface area is 740 Å². The molecule has 6 saturated heterocycles. The van der Waals surface area contributed by atoms with E-state index in [0.717, 1.165) is 299 Å². The van der Waals surface area contributed by atoms with Crippen LogP contribution in [0.25, 0.3) is 0 Å². The molecule has 6 fully saturated rings. The lowest BCUT2D eigenvalue weighted by Crippen LogP contribution is -2.63. The summed E-state index contributed by atoms with van der Waals surface area (Å²) in [6, 6.07) is 1.45. The highest BCUT2D eigenvalue weighted by atomic mass is 15.4. The maximum Gasteiger partial charge on any atom is 0.232 e. The van der Waals surface area contributed by atoms with Crippen molar-refractivity contribution >= 4 is 53.5 Å². The van der Waals surface area contributed by atoms with Crippen molar-refractivity contribution in [1.82, 2.24) is 76.8 Å². The molecule has 9 rings (SSSR count). The monoisotopic (exact) mass is 1690 g/mol. The molecule has 0 saturated carbocycles. The molecular formula is C97H184N24. The van der Waals surface area contributed by atoms with Gasteiger partial charge < -0.3 is 76.0 Å². The van der Waals surface area contributed by atoms with Gasteiger partial charge in [0.15, 0.2) is 0 Å². The van der Waals surface area contributed by atoms with Crippen LogP contribution >= 0.6 is 0 Å². The Kier molecular flexibility index (Phi) is 33.4. The zero-order valence-corrected chi connectivity index (χ0v) is 83.9. The van der Waals surface area contributed by atoms with Gasteiger partial charge in [-0.25, -0.2) is 0 Å². The second kappa shape index (κ2) is 40.5. The molecule has 0 aromatic carbocycles. The summed E-state index contributed by atoms with van der Waals surface area (Å²) in [7, 11) is 4.47. The van der Waals surface area contributed by atoms with Crippen LogP contribution in [0, 0.1) is 0 Å². The normalized spacial score (nSPS) is 22.4. The molecule has 3 aromatic rings. The largest absolute Gasteiger partial charge is 0.344 e. The second-order valence-electron chi connectivity index (χ2n) is 47.0. The van der Waals surface area contributed by atoms with E-state index in [4.69, 9.17) is 44.9 Å². The minimum atomic E-state index is -0.0893. The number of anilines is 9. The van der Waals surface area contributed by atoms with Crippen LogP contribution in [0.1, 0.15) is 387 Å². The summed E-state index contributed by atoms with van der Waals surface area (Å²) in [5.41, 5.74) is -0.848. The first kappa shape index (κ1) is 99.8. The molecule has 6 N–H and O–H groups in total. The summed E-state index contributed by atoms with van der Waals surface area (Å²) in [6.07, 6.45) is 28.4. The number of unbranched alkanes of at least 4 members (excludes halogenated alkanes) is 8. The van der Waals surface area contributed by atoms with Crippen LogP contribution in [0.5, 0.6) is 0 Å². The van der Waals surface area contributed by atoms with Crippen LogP contribution in [0.2, 0.25) is 0 Å². The molecule has 0 amide bonds. The lowest BCUT2D eigenvalue weighted by atomic mass is 9.79. The summed E-state index contributed by atoms with van der Waals surface area (Å²) < 4.78 is 0. The van der Waals surface area contributed by atoms with Crippen molar-refractivity contribution in [3.05, 3.63) is 0 Å². The van der Waals surface area contributed by atoms with Crippen LogP contribution in [0.15, 0.2) is 0 Å². The topological polar surface area (TPSA) is 217 Å². The van der Waals surface area contributed by atoms with Gasteiger partial charge in [-0.1, -0.05) is 80.1 Å². The summed E-state index contributed by atoms with van der Waals surface area (Å²) in [4.78, 5) is 74.8. The lowest BCUT2D eigenvalue weighted by Gasteiger charge is -2.50. The van der Waals surface area contributed by atoms with Crippen molar-refractivity contribution in [2.24, 2.45) is 0 Å². The molecular weight excluding hydrogens is 1500 g/mol. The minimum Gasteiger partial charge on any atom is -0.344 e. The third-order valence-electron chi connectivity index (χ3n) is 26.8. The van der Waals surface area contributed by atoms with Crippen molar-refractivity contribution in [3.8, 4) is 0 Å². The molecule has 24 heteroatoms. The number of hydrogen-bond donors (Lipinski definition) is 6. The fourth-order valence-electron chi connectivity index (χ4n) is 23.7. The molecule has 0 bridgehead atoms. The molecule has 9 heterocycles. The number of rotatable bonds is 43. The van der Waals surface area contributed by atoms with Crippen LogP contribution < -0.4 is 76.0 Å². The zero-order chi connectivity index (χ0) is 89.3. The molecule has 3 aromatic heterocycles. The van der Waals surface area contributed by atoms with E-state index < -0.39 is 0 Å². The van der Waals surface area contributed by atoms with Crippen LogP contribution in [-0.2, 0) is 0 Å². The average Bonchev–Trinajstić information content (AvgIpc) is 0.773. The Morgan fingerprint density at radius 2 is 0.339 bits per heavy atom. The maximum absolute atomic E-state index is 5.92. The maximum atomic E-state index is 5.92. The first-order valence-electron chi connectivity index (χ1n) is 49.0. The van der Waals surface area contributed by atoms with E-state index >= 15 is 0 Å². The highest BCUT2D eigenvalue weighted by molar-refractivity contribution is 5.52. The van der Waals surface area contributed by atoms with Gasteiger partial charge in [-0.05, 0) is 307 Å². The molecule has 0 unspecified atom stereocenters. The number of aromatic nitrogens is 9. The molecule has 0 radical (unpaired) electrons. The van der Waals surface area contributed by atoms with E-state index in [0.29, 0.717) is 0 Å². The highest BCUT2D eigenvalue weighted by Gasteiger charge is 2.49. The van der Waals surface area contributed by atoms with Gasteiger partial charge in [0.05, 0.1) is 0 Å². The zero-order valence-electron chi connectivity index (χ0n) is 83.9. The summed E-state index contributed by atoms with van der Waals surface area (Å²) in [5, 5.41) is 24.1. The van der Waals surface area contributed by atoms with Gasteiger partial charge in [0.2, 0.25) is 53.5 Å². The van der Waals surface area contributed by atoms with Gasteiger partial charge in [0.25, 0.3) is 0 Å². The average molecular weight is 1690 g/mol. The third kappa shape index (κ3) is 29.0. The lowest BCUT2D eigenvalue weighted by molar-refractivity contribution is 0.156. The SMILES string of the molecule is CCCCN(c1nc(N(C)CCCCN(CCCCN(C)c2nc(N(CCCC)C3CC(C)(C)NC(C)(C)C3)nc(N(CCCC)C3CC(C)(C)NC(C)(C)C3)n2)c2nc(N(CCCC)C3CC(C)(C)NC(C)(C)C3)nc(N(CCCC)C3CC(C)(C)NC(C)(C)C3)n2)nc(N(CCCC)C2CC(C)(C)NC(C)(C)C2)n1)C1CC(C)(C)NC(C)(C)C1. The van der Waals surface area contributed by atoms with Gasteiger partial charge in [0, 0.05) is 182 Å². The van der Waals surface area contributed by atoms with Crippen LogP contribution in [0.4, 0.5) is 53.5 Å². The number of piperidine rings is 6. The predicted octanol–water partition coefficient (Wildman–Crippen LogP) is 18.4. The van der Waals surface area contributed by atoms with E-state index in [1.165, 1.54) is 0 Å². The van der Waals surface area contributed by atoms with Crippen LogP contribution in [-0.4, -0.2) is 227 Å². The van der Waals surface area contributed by atoms with Gasteiger partial charge in [-0.2, -0.15) is 44.9 Å². The van der Waals surface area contributed by atoms with E-state index in [1.54, 1.807) is 0 Å². The van der Waals surface area contributed by atoms with E-state index in [-0.39, 0.29) is 103 Å². The van der Waals surface area contributed by atoms with Gasteiger partial charge >= 0.3 is 0 Å². The second-order valence-corrected chi connectivity index (χ2v) is 47.0. The quantitative estimate of drug-likeness (QED) is 0.0290. The summed E-state index contributed by atoms with van der Waals surface area (Å²) in [5.74, 6) is 7.18. The molecule has 121 heavy (non-hydrogen) atoms. The summed E-state index contributed by atoms with van der Waals surface area (Å²) in [6.45, 7) is 79.4. The molecule has 0 atom stereocenters. The number of nitrogens with one attached hydrogen (secondary N) is 6. The Balaban J connectivity index is 1.14. The van der Waals surface area contributed by atoms with Crippen LogP contribution in [0.3, 0.4) is 0 Å². The van der Waals surface area contributed by atoms with Crippen molar-refractivity contribution in [1.29, 1.82) is 0 Å². The standard InChI is InChI=1S/C97H184N24/c1-33-39-53-116(71-59-86(7,8)107-87(9,10)60-71)80-98-77(99-81(104-80)117(54-40-34-2)72-61-88(11,12)108-89(13,14)62-72)113(31)49-45-47-51-115(79-102-84(120(57-43-37-5)75-67-94(23,24)111-95(25,26)68-75)106-85(103-79)121(58-44-38-6)76-69-96(27,28)112-97(29,30)70-76)52-48-46-50-114(32)78-100-82(118(55-41-35-3)73-63-90(15,16)109-91(17,18)64-73)105-83(101-78)119(56-42-36-4)74-65-92(19,20)110-93(21,22)66-74/h71-76,107-112H,33-70H2,1-32H3. The Morgan fingerprint density at radius 1 is 0.198 bits per heavy atom. The third-order valence-corrected chi connectivity index (χ3v) is 26.8. The Morgan fingerprint density at radius 3 is 0.496 bits per heavy atom. The van der Waals surface area contributed by atoms with E-state index in [9.17, 15) is 0 Å². The van der Waals surface area contributed by atoms with E-state index in [1.807, 2.05) is 0 Å². The van der Waals surface area contributed by atoms with Gasteiger partial charge in [-0.15, -0.1) is 0 Å². The van der Waals surface area contributed by atoms with Crippen molar-refractivity contribution < 1.29 is 0 Å². The molecule has 692 valence electrons. The van der Waals surface area contributed by atoms with Gasteiger partial charge in [0.1, 0.15) is 0 Å². The summed E-state index contributed by atoms with van der Waals surface area (Å²) >= 11 is 0. The number of nitrogens with zero attached hydrogens (tertiary/aromatic N) is 18. The first-order chi connectivity index (χ1) is 56.2. The van der Waals surface area contributed by atoms with E-state index in [2.05, 4.69) is 298 Å². The fourth-order valence-corrected chi connectivity index (χ4v) is 23.7. The van der Waals surface area contributed by atoms with Gasteiger partial charge in [-0.3, -0.25) is 0 Å². The molecule has 0 spiro atoms. The van der Waals surface area contributed by atoms with Crippen molar-refractivity contribution in [2.45, 2.75) is 490 Å². The molecule has 0 aliphatic carbocycles. The number of hydrogen-bond acceptors (Lipinski definition) is 24. The minimum absolute atomic E-state index is 0.0613. The van der Waals surface area contributed by atoms with Crippen molar-refractivity contribution in [3.63, 3.8) is 0 Å². The molecule has 6 aliphatic heterocycles. The predicted molar refractivity (Wildman–Crippen MR) is 516 cm³/mol. The smallest absolute Gasteiger partial charge is 0.232 e. The molecule has 24 nitrogen and oxygen atoms in total. The fraction of sp³-hybridized carbons (Fsp3) is 0.907. The highest BCUT2D eigenvalue weighted by Crippen LogP contribution is 2.43. The van der Waals surface area contributed by atoms with Crippen molar-refractivity contribution in [2.75, 3.05) is 124 Å². The first-order valence-corrected chi connectivity index (χ1v) is 49.0. The Bertz CT molecular complexity index is 3230. The molecule has 6 aliphatic rings.